The van der Waals surface area contributed by atoms with Gasteiger partial charge >= 0.3 is 0 Å². The van der Waals surface area contributed by atoms with Crippen molar-refractivity contribution in [3.8, 4) is 0 Å². The van der Waals surface area contributed by atoms with E-state index in [-0.39, 0.29) is 5.91 Å². The number of nitrogens with zero attached hydrogens (tertiary/aromatic N) is 3. The minimum atomic E-state index is -0.297. The number of thiophene rings is 1. The lowest BCUT2D eigenvalue weighted by Gasteiger charge is -2.06. The van der Waals surface area contributed by atoms with E-state index in [4.69, 9.17) is 0 Å². The van der Waals surface area contributed by atoms with Crippen molar-refractivity contribution < 1.29 is 4.79 Å². The summed E-state index contributed by atoms with van der Waals surface area (Å²) in [5, 5.41) is 7.93. The van der Waals surface area contributed by atoms with E-state index in [1.807, 2.05) is 17.5 Å². The van der Waals surface area contributed by atoms with Crippen molar-refractivity contribution >= 4 is 28.7 Å². The zero-order valence-electron chi connectivity index (χ0n) is 11.6. The molecule has 0 radical (unpaired) electrons. The van der Waals surface area contributed by atoms with Crippen LogP contribution in [0.15, 0.2) is 54.4 Å². The normalized spacial score (nSPS) is 10.2. The molecule has 0 atom stereocenters. The van der Waals surface area contributed by atoms with Crippen LogP contribution in [0, 0.1) is 0 Å². The van der Waals surface area contributed by atoms with Crippen molar-refractivity contribution in [2.75, 3.05) is 10.6 Å². The fraction of sp³-hybridized carbons (Fsp3) is 0.0667. The summed E-state index contributed by atoms with van der Waals surface area (Å²) in [5.74, 6) is 0.314. The van der Waals surface area contributed by atoms with Gasteiger partial charge in [-0.25, -0.2) is 9.97 Å². The van der Waals surface area contributed by atoms with Gasteiger partial charge in [0.1, 0.15) is 17.8 Å². The number of nitrogens with one attached hydrogen (secondary N) is 2. The van der Waals surface area contributed by atoms with Crippen LogP contribution in [0.3, 0.4) is 0 Å². The molecule has 6 nitrogen and oxygen atoms in total. The largest absolute Gasteiger partial charge is 0.365 e. The molecule has 0 spiro atoms. The summed E-state index contributed by atoms with van der Waals surface area (Å²) >= 11 is 1.66. The number of anilines is 2. The minimum Gasteiger partial charge on any atom is -0.365 e. The number of hydrogen-bond acceptors (Lipinski definition) is 6. The number of pyridine rings is 1. The molecule has 3 aromatic heterocycles. The van der Waals surface area contributed by atoms with Crippen molar-refractivity contribution in [3.05, 3.63) is 65.0 Å². The van der Waals surface area contributed by atoms with E-state index in [2.05, 4.69) is 25.6 Å². The second-order valence-corrected chi connectivity index (χ2v) is 5.45. The van der Waals surface area contributed by atoms with Gasteiger partial charge in [0.05, 0.1) is 18.4 Å². The molecule has 7 heteroatoms. The van der Waals surface area contributed by atoms with Gasteiger partial charge in [0.15, 0.2) is 0 Å². The molecule has 0 aliphatic heterocycles. The Morgan fingerprint density at radius 3 is 2.95 bits per heavy atom. The van der Waals surface area contributed by atoms with Gasteiger partial charge in [-0.3, -0.25) is 9.78 Å². The van der Waals surface area contributed by atoms with Crippen LogP contribution in [0.1, 0.15) is 15.4 Å². The summed E-state index contributed by atoms with van der Waals surface area (Å²) < 4.78 is 0. The first-order valence-corrected chi connectivity index (χ1v) is 7.49. The van der Waals surface area contributed by atoms with E-state index < -0.39 is 0 Å². The first-order valence-electron chi connectivity index (χ1n) is 6.61. The highest BCUT2D eigenvalue weighted by Gasteiger charge is 2.09. The predicted molar refractivity (Wildman–Crippen MR) is 85.9 cm³/mol. The monoisotopic (exact) mass is 311 g/mol. The zero-order valence-corrected chi connectivity index (χ0v) is 12.4. The van der Waals surface area contributed by atoms with Crippen LogP contribution in [-0.2, 0) is 6.54 Å². The topological polar surface area (TPSA) is 79.8 Å². The number of aromatic nitrogens is 3. The van der Waals surface area contributed by atoms with Crippen molar-refractivity contribution in [1.82, 2.24) is 15.0 Å². The maximum Gasteiger partial charge on any atom is 0.274 e. The van der Waals surface area contributed by atoms with Crippen LogP contribution < -0.4 is 10.6 Å². The highest BCUT2D eigenvalue weighted by molar-refractivity contribution is 7.09. The first kappa shape index (κ1) is 14.2. The summed E-state index contributed by atoms with van der Waals surface area (Å²) in [6.45, 7) is 0.665. The molecule has 2 N–H and O–H groups in total. The zero-order chi connectivity index (χ0) is 15.2. The lowest BCUT2D eigenvalue weighted by Crippen LogP contribution is -2.14. The maximum absolute atomic E-state index is 12.1. The molecule has 0 fully saturated rings. The summed E-state index contributed by atoms with van der Waals surface area (Å²) in [7, 11) is 0. The van der Waals surface area contributed by atoms with Gasteiger partial charge in [0.2, 0.25) is 0 Å². The molecule has 0 saturated heterocycles. The predicted octanol–water partition coefficient (Wildman–Crippen LogP) is 2.80. The maximum atomic E-state index is 12.1. The number of carbonyl (C=O) groups excluding carboxylic acids is 1. The molecule has 110 valence electrons. The van der Waals surface area contributed by atoms with Crippen LogP contribution in [-0.4, -0.2) is 20.9 Å². The molecule has 0 aliphatic carbocycles. The standard InChI is InChI=1S/C15H13N5OS/c21-15(20-11-3-1-5-16-8-11)13-7-14(19-10-18-13)17-9-12-4-2-6-22-12/h1-8,10H,9H2,(H,20,21)(H,17,18,19). The second kappa shape index (κ2) is 6.77. The first-order chi connectivity index (χ1) is 10.8. The summed E-state index contributed by atoms with van der Waals surface area (Å²) in [6.07, 6.45) is 4.59. The number of rotatable bonds is 5. The Bertz CT molecular complexity index is 746. The average molecular weight is 311 g/mol. The van der Waals surface area contributed by atoms with Crippen LogP contribution >= 0.6 is 11.3 Å². The highest BCUT2D eigenvalue weighted by Crippen LogP contribution is 2.12. The van der Waals surface area contributed by atoms with Gasteiger partial charge in [-0.15, -0.1) is 11.3 Å². The molecule has 3 rings (SSSR count). The highest BCUT2D eigenvalue weighted by atomic mass is 32.1. The van der Waals surface area contributed by atoms with Crippen LogP contribution in [0.2, 0.25) is 0 Å². The fourth-order valence-electron chi connectivity index (χ4n) is 1.80. The Balaban J connectivity index is 1.66. The molecule has 0 aromatic carbocycles. The Morgan fingerprint density at radius 2 is 2.18 bits per heavy atom. The Kier molecular flexibility index (Phi) is 4.35. The fourth-order valence-corrected chi connectivity index (χ4v) is 2.45. The Hall–Kier alpha value is -2.80. The average Bonchev–Trinajstić information content (AvgIpc) is 3.08. The third kappa shape index (κ3) is 3.64. The number of amides is 1. The summed E-state index contributed by atoms with van der Waals surface area (Å²) in [4.78, 5) is 25.4. The summed E-state index contributed by atoms with van der Waals surface area (Å²) in [6, 6.07) is 9.17. The van der Waals surface area contributed by atoms with E-state index in [0.29, 0.717) is 23.7 Å². The van der Waals surface area contributed by atoms with Crippen molar-refractivity contribution in [2.24, 2.45) is 0 Å². The Labute approximate surface area is 131 Å². The molecule has 3 heterocycles. The second-order valence-electron chi connectivity index (χ2n) is 4.42. The van der Waals surface area contributed by atoms with Crippen LogP contribution in [0.25, 0.3) is 0 Å². The molecule has 1 amide bonds. The van der Waals surface area contributed by atoms with E-state index in [9.17, 15) is 4.79 Å². The molecule has 0 bridgehead atoms. The van der Waals surface area contributed by atoms with Gasteiger partial charge in [-0.05, 0) is 23.6 Å². The molecule has 3 aromatic rings. The van der Waals surface area contributed by atoms with Crippen molar-refractivity contribution in [3.63, 3.8) is 0 Å². The molecule has 0 unspecified atom stereocenters. The lowest BCUT2D eigenvalue weighted by molar-refractivity contribution is 0.102. The quantitative estimate of drug-likeness (QED) is 0.757. The van der Waals surface area contributed by atoms with Gasteiger partial charge in [0.25, 0.3) is 5.91 Å². The van der Waals surface area contributed by atoms with Crippen LogP contribution in [0.4, 0.5) is 11.5 Å². The molecular formula is C15H13N5OS. The lowest BCUT2D eigenvalue weighted by atomic mass is 10.3. The van der Waals surface area contributed by atoms with Gasteiger partial charge < -0.3 is 10.6 Å². The van der Waals surface area contributed by atoms with Gasteiger partial charge in [-0.2, -0.15) is 0 Å². The number of hydrogen-bond donors (Lipinski definition) is 2. The Morgan fingerprint density at radius 1 is 1.23 bits per heavy atom. The molecular weight excluding hydrogens is 298 g/mol. The smallest absolute Gasteiger partial charge is 0.274 e. The molecule has 0 aliphatic rings. The molecule has 22 heavy (non-hydrogen) atoms. The number of carbonyl (C=O) groups is 1. The van der Waals surface area contributed by atoms with Crippen molar-refractivity contribution in [2.45, 2.75) is 6.54 Å². The van der Waals surface area contributed by atoms with E-state index >= 15 is 0 Å². The minimum absolute atomic E-state index is 0.297. The SMILES string of the molecule is O=C(Nc1cccnc1)c1cc(NCc2cccs2)ncn1. The van der Waals surface area contributed by atoms with E-state index in [1.54, 1.807) is 41.9 Å². The third-order valence-electron chi connectivity index (χ3n) is 2.84. The van der Waals surface area contributed by atoms with Crippen molar-refractivity contribution in [1.29, 1.82) is 0 Å². The van der Waals surface area contributed by atoms with Crippen LogP contribution in [0.5, 0.6) is 0 Å². The summed E-state index contributed by atoms with van der Waals surface area (Å²) in [5.41, 5.74) is 0.923. The van der Waals surface area contributed by atoms with E-state index in [1.165, 1.54) is 11.2 Å². The van der Waals surface area contributed by atoms with E-state index in [0.717, 1.165) is 0 Å². The van der Waals surface area contributed by atoms with Gasteiger partial charge in [0, 0.05) is 17.1 Å². The molecule has 0 saturated carbocycles. The third-order valence-corrected chi connectivity index (χ3v) is 3.72. The van der Waals surface area contributed by atoms with Gasteiger partial charge in [-0.1, -0.05) is 6.07 Å².